The first-order chi connectivity index (χ1) is 7.06. The SMILES string of the molecule is CC(C)(C)CNC1COc2ccccc21. The molecule has 0 radical (unpaired) electrons. The van der Waals surface area contributed by atoms with E-state index in [0.717, 1.165) is 18.9 Å². The van der Waals surface area contributed by atoms with Crippen LogP contribution < -0.4 is 10.1 Å². The quantitative estimate of drug-likeness (QED) is 0.801. The highest BCUT2D eigenvalue weighted by Crippen LogP contribution is 2.32. The minimum absolute atomic E-state index is 0.317. The van der Waals surface area contributed by atoms with Crippen molar-refractivity contribution in [3.05, 3.63) is 29.8 Å². The van der Waals surface area contributed by atoms with Gasteiger partial charge in [-0.15, -0.1) is 0 Å². The van der Waals surface area contributed by atoms with E-state index in [0.29, 0.717) is 11.5 Å². The molecular formula is C13H19NO. The molecule has 0 aromatic heterocycles. The van der Waals surface area contributed by atoms with Gasteiger partial charge in [-0.2, -0.15) is 0 Å². The first-order valence-corrected chi connectivity index (χ1v) is 5.51. The number of rotatable bonds is 2. The summed E-state index contributed by atoms with van der Waals surface area (Å²) < 4.78 is 5.61. The first kappa shape index (κ1) is 10.5. The van der Waals surface area contributed by atoms with Gasteiger partial charge in [-0.25, -0.2) is 0 Å². The Bertz CT molecular complexity index is 341. The Balaban J connectivity index is 2.02. The van der Waals surface area contributed by atoms with E-state index >= 15 is 0 Å². The molecule has 1 aliphatic rings. The lowest BCUT2D eigenvalue weighted by atomic mass is 9.96. The molecular weight excluding hydrogens is 186 g/mol. The Kier molecular flexibility index (Phi) is 2.70. The highest BCUT2D eigenvalue weighted by atomic mass is 16.5. The summed E-state index contributed by atoms with van der Waals surface area (Å²) in [7, 11) is 0. The van der Waals surface area contributed by atoms with E-state index < -0.39 is 0 Å². The Morgan fingerprint density at radius 2 is 2.07 bits per heavy atom. The third kappa shape index (κ3) is 2.51. The van der Waals surface area contributed by atoms with Gasteiger partial charge < -0.3 is 10.1 Å². The second-order valence-electron chi connectivity index (χ2n) is 5.34. The van der Waals surface area contributed by atoms with Gasteiger partial charge in [0.05, 0.1) is 6.04 Å². The fourth-order valence-corrected chi connectivity index (χ4v) is 1.76. The van der Waals surface area contributed by atoms with Gasteiger partial charge in [-0.05, 0) is 11.5 Å². The zero-order valence-electron chi connectivity index (χ0n) is 9.71. The first-order valence-electron chi connectivity index (χ1n) is 5.51. The van der Waals surface area contributed by atoms with Crippen LogP contribution in [0.1, 0.15) is 32.4 Å². The summed E-state index contributed by atoms with van der Waals surface area (Å²) in [4.78, 5) is 0. The predicted octanol–water partition coefficient (Wildman–Crippen LogP) is 2.76. The normalized spacial score (nSPS) is 19.8. The number of hydrogen-bond acceptors (Lipinski definition) is 2. The van der Waals surface area contributed by atoms with E-state index in [-0.39, 0.29) is 0 Å². The maximum absolute atomic E-state index is 5.61. The zero-order valence-corrected chi connectivity index (χ0v) is 9.71. The highest BCUT2D eigenvalue weighted by Gasteiger charge is 2.24. The average Bonchev–Trinajstić information content (AvgIpc) is 2.57. The molecule has 0 saturated carbocycles. The summed E-state index contributed by atoms with van der Waals surface area (Å²) in [5.41, 5.74) is 1.61. The van der Waals surface area contributed by atoms with E-state index in [1.165, 1.54) is 5.56 Å². The van der Waals surface area contributed by atoms with Crippen molar-refractivity contribution in [3.8, 4) is 5.75 Å². The van der Waals surface area contributed by atoms with Crippen LogP contribution in [0.2, 0.25) is 0 Å². The molecule has 0 spiro atoms. The van der Waals surface area contributed by atoms with Crippen LogP contribution >= 0.6 is 0 Å². The third-order valence-electron chi connectivity index (χ3n) is 2.58. The largest absolute Gasteiger partial charge is 0.491 e. The molecule has 1 aliphatic heterocycles. The topological polar surface area (TPSA) is 21.3 Å². The number of para-hydroxylation sites is 1. The maximum atomic E-state index is 5.61. The van der Waals surface area contributed by atoms with Gasteiger partial charge in [-0.1, -0.05) is 39.0 Å². The van der Waals surface area contributed by atoms with Crippen LogP contribution in [-0.4, -0.2) is 13.2 Å². The third-order valence-corrected chi connectivity index (χ3v) is 2.58. The van der Waals surface area contributed by atoms with Gasteiger partial charge in [0.25, 0.3) is 0 Å². The van der Waals surface area contributed by atoms with E-state index in [1.54, 1.807) is 0 Å². The van der Waals surface area contributed by atoms with E-state index in [1.807, 2.05) is 12.1 Å². The smallest absolute Gasteiger partial charge is 0.124 e. The standard InChI is InChI=1S/C13H19NO/c1-13(2,3)9-14-11-8-15-12-7-5-4-6-10(11)12/h4-7,11,14H,8-9H2,1-3H3. The van der Waals surface area contributed by atoms with Crippen LogP contribution in [0.25, 0.3) is 0 Å². The van der Waals surface area contributed by atoms with Gasteiger partial charge in [0, 0.05) is 12.1 Å². The van der Waals surface area contributed by atoms with Crippen molar-refractivity contribution < 1.29 is 4.74 Å². The van der Waals surface area contributed by atoms with Crippen LogP contribution in [0.3, 0.4) is 0 Å². The molecule has 1 atom stereocenters. The Morgan fingerprint density at radius 3 is 2.80 bits per heavy atom. The number of benzene rings is 1. The summed E-state index contributed by atoms with van der Waals surface area (Å²) in [6.07, 6.45) is 0. The van der Waals surface area contributed by atoms with Crippen molar-refractivity contribution in [2.45, 2.75) is 26.8 Å². The van der Waals surface area contributed by atoms with Crippen molar-refractivity contribution in [1.29, 1.82) is 0 Å². The Labute approximate surface area is 91.6 Å². The van der Waals surface area contributed by atoms with Crippen LogP contribution in [0, 0.1) is 5.41 Å². The Hall–Kier alpha value is -1.02. The molecule has 2 nitrogen and oxygen atoms in total. The van der Waals surface area contributed by atoms with Gasteiger partial charge in [0.15, 0.2) is 0 Å². The van der Waals surface area contributed by atoms with Crippen molar-refractivity contribution in [1.82, 2.24) is 5.32 Å². The van der Waals surface area contributed by atoms with E-state index in [2.05, 4.69) is 38.2 Å². The lowest BCUT2D eigenvalue weighted by Crippen LogP contribution is -2.31. The highest BCUT2D eigenvalue weighted by molar-refractivity contribution is 5.39. The second kappa shape index (κ2) is 3.86. The fourth-order valence-electron chi connectivity index (χ4n) is 1.76. The van der Waals surface area contributed by atoms with Crippen molar-refractivity contribution in [3.63, 3.8) is 0 Å². The summed E-state index contributed by atoms with van der Waals surface area (Å²) >= 11 is 0. The number of hydrogen-bond donors (Lipinski definition) is 1. The molecule has 0 amide bonds. The molecule has 1 aromatic rings. The summed E-state index contributed by atoms with van der Waals surface area (Å²) in [5.74, 6) is 1.03. The molecule has 2 rings (SSSR count). The summed E-state index contributed by atoms with van der Waals surface area (Å²) in [5, 5.41) is 3.55. The van der Waals surface area contributed by atoms with Crippen LogP contribution in [-0.2, 0) is 0 Å². The second-order valence-corrected chi connectivity index (χ2v) is 5.34. The lowest BCUT2D eigenvalue weighted by molar-refractivity contribution is 0.286. The molecule has 1 N–H and O–H groups in total. The zero-order chi connectivity index (χ0) is 10.9. The molecule has 15 heavy (non-hydrogen) atoms. The molecule has 82 valence electrons. The molecule has 2 heteroatoms. The number of nitrogens with one attached hydrogen (secondary N) is 1. The van der Waals surface area contributed by atoms with Crippen molar-refractivity contribution in [2.24, 2.45) is 5.41 Å². The van der Waals surface area contributed by atoms with E-state index in [4.69, 9.17) is 4.74 Å². The van der Waals surface area contributed by atoms with Gasteiger partial charge in [0.1, 0.15) is 12.4 Å². The molecule has 0 fully saturated rings. The maximum Gasteiger partial charge on any atom is 0.124 e. The number of ether oxygens (including phenoxy) is 1. The van der Waals surface area contributed by atoms with Crippen LogP contribution in [0.5, 0.6) is 5.75 Å². The summed E-state index contributed by atoms with van der Waals surface area (Å²) in [6, 6.07) is 8.63. The van der Waals surface area contributed by atoms with Crippen molar-refractivity contribution >= 4 is 0 Å². The fraction of sp³-hybridized carbons (Fsp3) is 0.538. The molecule has 1 aromatic carbocycles. The van der Waals surface area contributed by atoms with Gasteiger partial charge >= 0.3 is 0 Å². The predicted molar refractivity (Wildman–Crippen MR) is 62.1 cm³/mol. The molecule has 0 saturated heterocycles. The Morgan fingerprint density at radius 1 is 1.33 bits per heavy atom. The van der Waals surface area contributed by atoms with Crippen molar-refractivity contribution in [2.75, 3.05) is 13.2 Å². The average molecular weight is 205 g/mol. The van der Waals surface area contributed by atoms with Gasteiger partial charge in [0.2, 0.25) is 0 Å². The van der Waals surface area contributed by atoms with Crippen LogP contribution in [0.4, 0.5) is 0 Å². The molecule has 0 bridgehead atoms. The summed E-state index contributed by atoms with van der Waals surface area (Å²) in [6.45, 7) is 8.48. The minimum atomic E-state index is 0.317. The molecule has 1 heterocycles. The molecule has 1 unspecified atom stereocenters. The monoisotopic (exact) mass is 205 g/mol. The van der Waals surface area contributed by atoms with Crippen LogP contribution in [0.15, 0.2) is 24.3 Å². The lowest BCUT2D eigenvalue weighted by Gasteiger charge is -2.21. The molecule has 0 aliphatic carbocycles. The number of fused-ring (bicyclic) bond motifs is 1. The van der Waals surface area contributed by atoms with Gasteiger partial charge in [-0.3, -0.25) is 0 Å². The van der Waals surface area contributed by atoms with E-state index in [9.17, 15) is 0 Å². The minimum Gasteiger partial charge on any atom is -0.491 e.